The number of benzene rings is 1. The predicted octanol–water partition coefficient (Wildman–Crippen LogP) is 2.81. The standard InChI is InChI=1S/C16H12FN3O/c1-10-2-3-20-15(14(10)9-21)8-19-16(20)12-4-11(7-18)5-13(17)6-12/h2-6,8,21H,9H2,1H3. The second kappa shape index (κ2) is 5.00. The molecule has 0 unspecified atom stereocenters. The van der Waals surface area contributed by atoms with Crippen LogP contribution in [0, 0.1) is 24.1 Å². The Labute approximate surface area is 120 Å². The first kappa shape index (κ1) is 13.3. The van der Waals surface area contributed by atoms with E-state index in [0.717, 1.165) is 16.6 Å². The van der Waals surface area contributed by atoms with Gasteiger partial charge in [-0.15, -0.1) is 0 Å². The third kappa shape index (κ3) is 2.16. The fourth-order valence-corrected chi connectivity index (χ4v) is 2.43. The van der Waals surface area contributed by atoms with Gasteiger partial charge in [-0.25, -0.2) is 9.37 Å². The zero-order chi connectivity index (χ0) is 15.0. The highest BCUT2D eigenvalue weighted by Crippen LogP contribution is 2.25. The molecular formula is C16H12FN3O. The van der Waals surface area contributed by atoms with Crippen molar-refractivity contribution in [3.05, 3.63) is 59.2 Å². The van der Waals surface area contributed by atoms with Crippen molar-refractivity contribution in [1.29, 1.82) is 5.26 Å². The predicted molar refractivity (Wildman–Crippen MR) is 76.0 cm³/mol. The molecular weight excluding hydrogens is 269 g/mol. The summed E-state index contributed by atoms with van der Waals surface area (Å²) in [7, 11) is 0. The molecule has 2 heterocycles. The summed E-state index contributed by atoms with van der Waals surface area (Å²) in [4.78, 5) is 4.31. The van der Waals surface area contributed by atoms with Gasteiger partial charge in [-0.2, -0.15) is 5.26 Å². The maximum absolute atomic E-state index is 13.6. The Hall–Kier alpha value is -2.71. The van der Waals surface area contributed by atoms with Crippen molar-refractivity contribution in [1.82, 2.24) is 9.38 Å². The van der Waals surface area contributed by atoms with Gasteiger partial charge in [-0.3, -0.25) is 4.40 Å². The molecule has 0 aliphatic heterocycles. The van der Waals surface area contributed by atoms with Crippen LogP contribution in [0.4, 0.5) is 4.39 Å². The normalized spacial score (nSPS) is 10.8. The third-order valence-electron chi connectivity index (χ3n) is 3.50. The molecule has 21 heavy (non-hydrogen) atoms. The summed E-state index contributed by atoms with van der Waals surface area (Å²) in [5.41, 5.74) is 3.30. The molecule has 0 aliphatic carbocycles. The van der Waals surface area contributed by atoms with Gasteiger partial charge in [0.2, 0.25) is 0 Å². The van der Waals surface area contributed by atoms with Crippen LogP contribution in [0.2, 0.25) is 0 Å². The smallest absolute Gasteiger partial charge is 0.144 e. The summed E-state index contributed by atoms with van der Waals surface area (Å²) in [6.07, 6.45) is 3.47. The van der Waals surface area contributed by atoms with Crippen LogP contribution in [0.5, 0.6) is 0 Å². The molecule has 2 aromatic heterocycles. The molecule has 0 aliphatic rings. The van der Waals surface area contributed by atoms with Crippen molar-refractivity contribution in [3.8, 4) is 17.5 Å². The number of nitrogens with zero attached hydrogens (tertiary/aromatic N) is 3. The molecule has 104 valence electrons. The Morgan fingerprint density at radius 2 is 2.19 bits per heavy atom. The number of nitriles is 1. The first-order chi connectivity index (χ1) is 10.1. The van der Waals surface area contributed by atoms with Crippen LogP contribution in [0.3, 0.4) is 0 Å². The van der Waals surface area contributed by atoms with Crippen LogP contribution < -0.4 is 0 Å². The quantitative estimate of drug-likeness (QED) is 0.785. The van der Waals surface area contributed by atoms with Crippen LogP contribution in [0.15, 0.2) is 36.7 Å². The van der Waals surface area contributed by atoms with Gasteiger partial charge >= 0.3 is 0 Å². The fourth-order valence-electron chi connectivity index (χ4n) is 2.43. The van der Waals surface area contributed by atoms with E-state index in [1.54, 1.807) is 16.7 Å². The average molecular weight is 281 g/mol. The number of aliphatic hydroxyl groups excluding tert-OH is 1. The molecule has 3 aromatic rings. The van der Waals surface area contributed by atoms with Crippen molar-refractivity contribution in [2.75, 3.05) is 0 Å². The topological polar surface area (TPSA) is 61.3 Å². The first-order valence-electron chi connectivity index (χ1n) is 6.41. The lowest BCUT2D eigenvalue weighted by Gasteiger charge is -2.07. The first-order valence-corrected chi connectivity index (χ1v) is 6.41. The molecule has 0 atom stereocenters. The summed E-state index contributed by atoms with van der Waals surface area (Å²) < 4.78 is 15.4. The minimum atomic E-state index is -0.477. The van der Waals surface area contributed by atoms with Gasteiger partial charge in [0.05, 0.1) is 30.0 Å². The van der Waals surface area contributed by atoms with Gasteiger partial charge in [-0.1, -0.05) is 0 Å². The molecule has 0 fully saturated rings. The number of imidazole rings is 1. The SMILES string of the molecule is Cc1ccn2c(-c3cc(F)cc(C#N)c3)ncc2c1CO. The lowest BCUT2D eigenvalue weighted by atomic mass is 10.1. The largest absolute Gasteiger partial charge is 0.392 e. The second-order valence-corrected chi connectivity index (χ2v) is 4.81. The maximum atomic E-state index is 13.6. The van der Waals surface area contributed by atoms with Crippen molar-refractivity contribution < 1.29 is 9.50 Å². The molecule has 5 heteroatoms. The van der Waals surface area contributed by atoms with Gasteiger partial charge in [0, 0.05) is 17.3 Å². The summed E-state index contributed by atoms with van der Waals surface area (Å²) in [6.45, 7) is 1.82. The number of fused-ring (bicyclic) bond motifs is 1. The molecule has 1 N–H and O–H groups in total. The zero-order valence-corrected chi connectivity index (χ0v) is 11.3. The van der Waals surface area contributed by atoms with E-state index in [1.165, 1.54) is 12.1 Å². The molecule has 0 bridgehead atoms. The Kier molecular flexibility index (Phi) is 3.16. The van der Waals surface area contributed by atoms with Crippen molar-refractivity contribution in [2.45, 2.75) is 13.5 Å². The fraction of sp³-hybridized carbons (Fsp3) is 0.125. The molecule has 0 radical (unpaired) electrons. The maximum Gasteiger partial charge on any atom is 0.144 e. The van der Waals surface area contributed by atoms with E-state index in [9.17, 15) is 9.50 Å². The van der Waals surface area contributed by atoms with Crippen LogP contribution in [0.25, 0.3) is 16.9 Å². The summed E-state index contributed by atoms with van der Waals surface area (Å²) in [5, 5.41) is 18.4. The number of aryl methyl sites for hydroxylation is 1. The van der Waals surface area contributed by atoms with E-state index in [-0.39, 0.29) is 12.2 Å². The number of halogens is 1. The lowest BCUT2D eigenvalue weighted by Crippen LogP contribution is -1.96. The van der Waals surface area contributed by atoms with Crippen LogP contribution in [-0.2, 0) is 6.61 Å². The number of hydrogen-bond acceptors (Lipinski definition) is 3. The van der Waals surface area contributed by atoms with Crippen LogP contribution in [-0.4, -0.2) is 14.5 Å². The monoisotopic (exact) mass is 281 g/mol. The average Bonchev–Trinajstić information content (AvgIpc) is 2.90. The summed E-state index contributed by atoms with van der Waals surface area (Å²) in [5.74, 6) is 0.0611. The van der Waals surface area contributed by atoms with Crippen molar-refractivity contribution in [3.63, 3.8) is 0 Å². The van der Waals surface area contributed by atoms with Gasteiger partial charge in [-0.05, 0) is 36.8 Å². The van der Waals surface area contributed by atoms with E-state index in [0.29, 0.717) is 11.4 Å². The van der Waals surface area contributed by atoms with Crippen molar-refractivity contribution >= 4 is 5.52 Å². The Morgan fingerprint density at radius 3 is 2.90 bits per heavy atom. The van der Waals surface area contributed by atoms with E-state index in [1.807, 2.05) is 25.3 Å². The number of pyridine rings is 1. The molecule has 0 saturated carbocycles. The summed E-state index contributed by atoms with van der Waals surface area (Å²) >= 11 is 0. The number of hydrogen-bond donors (Lipinski definition) is 1. The van der Waals surface area contributed by atoms with E-state index < -0.39 is 5.82 Å². The Bertz CT molecular complexity index is 877. The summed E-state index contributed by atoms with van der Waals surface area (Å²) in [6, 6.07) is 7.92. The minimum Gasteiger partial charge on any atom is -0.392 e. The Morgan fingerprint density at radius 1 is 1.38 bits per heavy atom. The zero-order valence-electron chi connectivity index (χ0n) is 11.3. The van der Waals surface area contributed by atoms with E-state index in [2.05, 4.69) is 4.98 Å². The highest BCUT2D eigenvalue weighted by molar-refractivity contribution is 5.67. The minimum absolute atomic E-state index is 0.0894. The number of aliphatic hydroxyl groups is 1. The van der Waals surface area contributed by atoms with Crippen LogP contribution in [0.1, 0.15) is 16.7 Å². The van der Waals surface area contributed by atoms with Gasteiger partial charge in [0.15, 0.2) is 0 Å². The van der Waals surface area contributed by atoms with E-state index >= 15 is 0 Å². The van der Waals surface area contributed by atoms with Crippen LogP contribution >= 0.6 is 0 Å². The third-order valence-corrected chi connectivity index (χ3v) is 3.50. The van der Waals surface area contributed by atoms with Gasteiger partial charge in [0.1, 0.15) is 11.6 Å². The van der Waals surface area contributed by atoms with Gasteiger partial charge < -0.3 is 5.11 Å². The Balaban J connectivity index is 2.27. The van der Waals surface area contributed by atoms with Gasteiger partial charge in [0.25, 0.3) is 0 Å². The molecule has 0 saturated heterocycles. The highest BCUT2D eigenvalue weighted by atomic mass is 19.1. The molecule has 4 nitrogen and oxygen atoms in total. The van der Waals surface area contributed by atoms with E-state index in [4.69, 9.17) is 5.26 Å². The molecule has 0 spiro atoms. The lowest BCUT2D eigenvalue weighted by molar-refractivity contribution is 0.282. The second-order valence-electron chi connectivity index (χ2n) is 4.81. The molecule has 0 amide bonds. The molecule has 1 aromatic carbocycles. The number of aromatic nitrogens is 2. The molecule has 3 rings (SSSR count). The van der Waals surface area contributed by atoms with Crippen molar-refractivity contribution in [2.24, 2.45) is 0 Å². The number of rotatable bonds is 2. The highest BCUT2D eigenvalue weighted by Gasteiger charge is 2.12.